The molecule has 0 bridgehead atoms. The van der Waals surface area contributed by atoms with Gasteiger partial charge in [0.05, 0.1) is 11.8 Å². The van der Waals surface area contributed by atoms with Gasteiger partial charge in [-0.1, -0.05) is 40.5 Å². The number of rotatable bonds is 10. The topological polar surface area (TPSA) is 89.5 Å². The van der Waals surface area contributed by atoms with Gasteiger partial charge in [-0.25, -0.2) is 9.59 Å². The summed E-state index contributed by atoms with van der Waals surface area (Å²) in [4.78, 5) is 44.7. The summed E-state index contributed by atoms with van der Waals surface area (Å²) in [6.07, 6.45) is 2.60. The highest BCUT2D eigenvalue weighted by molar-refractivity contribution is 5.81. The monoisotopic (exact) mass is 404 g/mol. The average molecular weight is 405 g/mol. The Bertz CT molecular complexity index is 466. The van der Waals surface area contributed by atoms with E-state index in [1.165, 1.54) is 0 Å². The summed E-state index contributed by atoms with van der Waals surface area (Å²) in [6, 6.07) is 0. The molecule has 8 nitrogen and oxygen atoms in total. The standard InChI is InChI=1S/C20H36O8/c1-13(2)19(5,6)25-27-23-17(21)15-11-9-10-12-16(15)18(22)24-28-26-20(7,8)14(3)4/h13-16H,9-12H2,1-8H3. The van der Waals surface area contributed by atoms with E-state index in [9.17, 15) is 9.59 Å². The lowest BCUT2D eigenvalue weighted by Gasteiger charge is -2.29. The number of carbonyl (C=O) groups is 2. The third-order valence-corrected chi connectivity index (χ3v) is 5.88. The van der Waals surface area contributed by atoms with Crippen molar-refractivity contribution < 1.29 is 39.2 Å². The third kappa shape index (κ3) is 7.31. The summed E-state index contributed by atoms with van der Waals surface area (Å²) in [6.45, 7) is 15.1. The highest BCUT2D eigenvalue weighted by Crippen LogP contribution is 2.33. The highest BCUT2D eigenvalue weighted by atomic mass is 17.5. The van der Waals surface area contributed by atoms with Gasteiger partial charge in [0.15, 0.2) is 0 Å². The molecular weight excluding hydrogens is 368 g/mol. The molecule has 1 saturated carbocycles. The molecule has 0 amide bonds. The zero-order valence-electron chi connectivity index (χ0n) is 18.4. The molecule has 1 aliphatic carbocycles. The van der Waals surface area contributed by atoms with Gasteiger partial charge in [-0.05, 0) is 62.4 Å². The molecule has 0 aliphatic heterocycles. The lowest BCUT2D eigenvalue weighted by Crippen LogP contribution is -2.37. The zero-order valence-corrected chi connectivity index (χ0v) is 18.4. The molecule has 0 aromatic heterocycles. The van der Waals surface area contributed by atoms with Crippen molar-refractivity contribution in [3.8, 4) is 0 Å². The normalized spacial score (nSPS) is 21.1. The van der Waals surface area contributed by atoms with Crippen LogP contribution in [0.1, 0.15) is 81.1 Å². The summed E-state index contributed by atoms with van der Waals surface area (Å²) in [5, 5.41) is 9.39. The molecule has 1 rings (SSSR count). The van der Waals surface area contributed by atoms with Crippen LogP contribution in [0.2, 0.25) is 0 Å². The Morgan fingerprint density at radius 2 is 1.04 bits per heavy atom. The smallest absolute Gasteiger partial charge is 0.268 e. The van der Waals surface area contributed by atoms with Crippen LogP contribution in [-0.4, -0.2) is 23.1 Å². The van der Waals surface area contributed by atoms with Crippen molar-refractivity contribution >= 4 is 11.9 Å². The number of hydrogen-bond donors (Lipinski definition) is 0. The van der Waals surface area contributed by atoms with Crippen LogP contribution in [0.15, 0.2) is 0 Å². The summed E-state index contributed by atoms with van der Waals surface area (Å²) in [5.74, 6) is -2.40. The second-order valence-corrected chi connectivity index (χ2v) is 9.12. The Balaban J connectivity index is 2.55. The molecule has 28 heavy (non-hydrogen) atoms. The molecule has 0 aromatic rings. The van der Waals surface area contributed by atoms with Crippen LogP contribution < -0.4 is 0 Å². The van der Waals surface area contributed by atoms with Gasteiger partial charge >= 0.3 is 11.9 Å². The van der Waals surface area contributed by atoms with Crippen LogP contribution in [0, 0.1) is 23.7 Å². The van der Waals surface area contributed by atoms with Gasteiger partial charge in [0.1, 0.15) is 11.2 Å². The van der Waals surface area contributed by atoms with E-state index < -0.39 is 35.0 Å². The van der Waals surface area contributed by atoms with Gasteiger partial charge in [-0.15, -0.1) is 0 Å². The van der Waals surface area contributed by atoms with Crippen LogP contribution in [-0.2, 0) is 39.2 Å². The molecule has 1 fully saturated rings. The molecule has 0 spiro atoms. The lowest BCUT2D eigenvalue weighted by atomic mass is 9.79. The quantitative estimate of drug-likeness (QED) is 0.389. The fourth-order valence-electron chi connectivity index (χ4n) is 2.29. The first-order valence-corrected chi connectivity index (χ1v) is 10.0. The predicted octanol–water partition coefficient (Wildman–Crippen LogP) is 4.47. The Morgan fingerprint density at radius 3 is 1.32 bits per heavy atom. The average Bonchev–Trinajstić information content (AvgIpc) is 2.60. The van der Waals surface area contributed by atoms with E-state index in [0.717, 1.165) is 12.8 Å². The fourth-order valence-corrected chi connectivity index (χ4v) is 2.29. The summed E-state index contributed by atoms with van der Waals surface area (Å²) >= 11 is 0. The van der Waals surface area contributed by atoms with E-state index in [1.54, 1.807) is 0 Å². The molecule has 2 unspecified atom stereocenters. The van der Waals surface area contributed by atoms with Gasteiger partial charge in [0.2, 0.25) is 0 Å². The predicted molar refractivity (Wildman–Crippen MR) is 99.8 cm³/mol. The minimum atomic E-state index is -0.686. The van der Waals surface area contributed by atoms with Crippen molar-refractivity contribution in [1.82, 2.24) is 0 Å². The van der Waals surface area contributed by atoms with E-state index in [1.807, 2.05) is 55.4 Å². The van der Waals surface area contributed by atoms with E-state index >= 15 is 0 Å². The Kier molecular flexibility index (Phi) is 9.33. The third-order valence-electron chi connectivity index (χ3n) is 5.88. The Labute approximate surface area is 167 Å². The Morgan fingerprint density at radius 1 is 0.714 bits per heavy atom. The van der Waals surface area contributed by atoms with Gasteiger partial charge in [-0.2, -0.15) is 9.78 Å². The molecular formula is C20H36O8. The number of carbonyl (C=O) groups excluding carboxylic acids is 2. The molecule has 2 atom stereocenters. The van der Waals surface area contributed by atoms with Gasteiger partial charge in [0.25, 0.3) is 0 Å². The van der Waals surface area contributed by atoms with Crippen molar-refractivity contribution in [2.75, 3.05) is 0 Å². The van der Waals surface area contributed by atoms with Crippen LogP contribution in [0.4, 0.5) is 0 Å². The second kappa shape index (κ2) is 10.5. The summed E-state index contributed by atoms with van der Waals surface area (Å²) in [5.41, 5.74) is -1.25. The maximum atomic E-state index is 12.4. The van der Waals surface area contributed by atoms with Crippen molar-refractivity contribution in [3.63, 3.8) is 0 Å². The first kappa shape index (κ1) is 24.8. The number of hydrogen-bond acceptors (Lipinski definition) is 8. The van der Waals surface area contributed by atoms with Crippen molar-refractivity contribution in [2.45, 2.75) is 92.3 Å². The SMILES string of the molecule is CC(C)C(C)(C)OOOC(=O)C1CCCCC1C(=O)OOOC(C)(C)C(C)C. The maximum absolute atomic E-state index is 12.4. The van der Waals surface area contributed by atoms with Gasteiger partial charge in [0, 0.05) is 0 Å². The lowest BCUT2D eigenvalue weighted by molar-refractivity contribution is -0.524. The van der Waals surface area contributed by atoms with Gasteiger partial charge in [-0.3, -0.25) is 9.78 Å². The zero-order chi connectivity index (χ0) is 21.5. The minimum absolute atomic E-state index is 0.149. The first-order chi connectivity index (χ1) is 12.9. The molecule has 0 aromatic carbocycles. The summed E-state index contributed by atoms with van der Waals surface area (Å²) in [7, 11) is 0. The van der Waals surface area contributed by atoms with Crippen molar-refractivity contribution in [2.24, 2.45) is 23.7 Å². The van der Waals surface area contributed by atoms with Crippen LogP contribution in [0.5, 0.6) is 0 Å². The van der Waals surface area contributed by atoms with Crippen molar-refractivity contribution in [1.29, 1.82) is 0 Å². The van der Waals surface area contributed by atoms with Gasteiger partial charge < -0.3 is 0 Å². The van der Waals surface area contributed by atoms with E-state index in [-0.39, 0.29) is 11.8 Å². The van der Waals surface area contributed by atoms with E-state index in [2.05, 4.69) is 0 Å². The molecule has 0 saturated heterocycles. The largest absolute Gasteiger partial charge is 0.349 e. The molecule has 0 radical (unpaired) electrons. The first-order valence-electron chi connectivity index (χ1n) is 10.0. The Hall–Kier alpha value is -1.22. The van der Waals surface area contributed by atoms with Crippen LogP contribution in [0.25, 0.3) is 0 Å². The maximum Gasteiger partial charge on any atom is 0.349 e. The fraction of sp³-hybridized carbons (Fsp3) is 0.900. The van der Waals surface area contributed by atoms with E-state index in [0.29, 0.717) is 12.8 Å². The molecule has 164 valence electrons. The molecule has 0 heterocycles. The molecule has 1 aliphatic rings. The molecule has 8 heteroatoms. The molecule has 0 N–H and O–H groups in total. The van der Waals surface area contributed by atoms with Crippen molar-refractivity contribution in [3.05, 3.63) is 0 Å². The highest BCUT2D eigenvalue weighted by Gasteiger charge is 2.40. The van der Waals surface area contributed by atoms with E-state index in [4.69, 9.17) is 29.6 Å². The summed E-state index contributed by atoms with van der Waals surface area (Å²) < 4.78 is 0. The minimum Gasteiger partial charge on any atom is -0.268 e. The second-order valence-electron chi connectivity index (χ2n) is 9.12. The van der Waals surface area contributed by atoms with Crippen LogP contribution >= 0.6 is 0 Å². The van der Waals surface area contributed by atoms with Crippen LogP contribution in [0.3, 0.4) is 0 Å².